The highest BCUT2D eigenvalue weighted by Gasteiger charge is 2.34. The first kappa shape index (κ1) is 19.8. The molecule has 1 N–H and O–H groups in total. The minimum Gasteiger partial charge on any atom is -0.489 e. The van der Waals surface area contributed by atoms with Crippen LogP contribution in [0.15, 0.2) is 59.8 Å². The van der Waals surface area contributed by atoms with E-state index in [-0.39, 0.29) is 6.03 Å². The van der Waals surface area contributed by atoms with Crippen LogP contribution in [0.4, 0.5) is 4.79 Å². The molecule has 0 fully saturated rings. The van der Waals surface area contributed by atoms with Crippen molar-refractivity contribution in [2.45, 2.75) is 19.6 Å². The molecule has 0 saturated heterocycles. The highest BCUT2D eigenvalue weighted by Crippen LogP contribution is 2.31. The van der Waals surface area contributed by atoms with E-state index >= 15 is 0 Å². The summed E-state index contributed by atoms with van der Waals surface area (Å²) in [5.41, 5.74) is 2.73. The van der Waals surface area contributed by atoms with Crippen LogP contribution >= 0.6 is 11.6 Å². The number of carbonyl (C=O) groups excluding carboxylic acids is 2. The number of allylic oxidation sites excluding steroid dienone is 1. The molecule has 3 rings (SSSR count). The second kappa shape index (κ2) is 8.35. The maximum atomic E-state index is 12.3. The molecule has 0 aliphatic carbocycles. The van der Waals surface area contributed by atoms with Gasteiger partial charge in [-0.2, -0.15) is 0 Å². The van der Waals surface area contributed by atoms with Crippen LogP contribution < -0.4 is 10.1 Å². The molecule has 28 heavy (non-hydrogen) atoms. The van der Waals surface area contributed by atoms with Gasteiger partial charge in [0, 0.05) is 17.8 Å². The summed E-state index contributed by atoms with van der Waals surface area (Å²) in [6.07, 6.45) is 0. The predicted octanol–water partition coefficient (Wildman–Crippen LogP) is 4.06. The van der Waals surface area contributed by atoms with E-state index in [0.717, 1.165) is 11.1 Å². The third-order valence-corrected chi connectivity index (χ3v) is 4.94. The summed E-state index contributed by atoms with van der Waals surface area (Å²) in [5, 5.41) is 3.51. The molecule has 1 atom stereocenters. The number of esters is 1. The molecule has 0 bridgehead atoms. The van der Waals surface area contributed by atoms with Crippen molar-refractivity contribution in [3.63, 3.8) is 0 Å². The highest BCUT2D eigenvalue weighted by atomic mass is 35.5. The first-order valence-corrected chi connectivity index (χ1v) is 9.09. The predicted molar refractivity (Wildman–Crippen MR) is 106 cm³/mol. The molecule has 1 heterocycles. The molecule has 1 aliphatic heterocycles. The Labute approximate surface area is 168 Å². The summed E-state index contributed by atoms with van der Waals surface area (Å²) >= 11 is 5.88. The molecule has 1 aliphatic rings. The van der Waals surface area contributed by atoms with Gasteiger partial charge in [0.25, 0.3) is 0 Å². The van der Waals surface area contributed by atoms with Crippen LogP contribution in [0.2, 0.25) is 5.02 Å². The van der Waals surface area contributed by atoms with Gasteiger partial charge in [-0.25, -0.2) is 9.59 Å². The van der Waals surface area contributed by atoms with Gasteiger partial charge in [0.1, 0.15) is 12.4 Å². The topological polar surface area (TPSA) is 67.9 Å². The van der Waals surface area contributed by atoms with E-state index in [9.17, 15) is 9.59 Å². The first-order valence-electron chi connectivity index (χ1n) is 8.71. The van der Waals surface area contributed by atoms with Crippen molar-refractivity contribution in [3.8, 4) is 5.75 Å². The number of methoxy groups -OCH3 is 1. The van der Waals surface area contributed by atoms with Crippen molar-refractivity contribution in [3.05, 3.63) is 76.0 Å². The number of nitrogens with one attached hydrogen (secondary N) is 1. The van der Waals surface area contributed by atoms with Crippen LogP contribution in [0.3, 0.4) is 0 Å². The van der Waals surface area contributed by atoms with E-state index in [2.05, 4.69) is 5.32 Å². The quantitative estimate of drug-likeness (QED) is 0.768. The molecular weight excluding hydrogens is 380 g/mol. The number of hydrogen-bond acceptors (Lipinski definition) is 4. The van der Waals surface area contributed by atoms with Crippen LogP contribution in [0.25, 0.3) is 0 Å². The lowest BCUT2D eigenvalue weighted by atomic mass is 9.95. The SMILES string of the molecule is COC(=O)C1=C(C)N(C)C(=O)N[C@H]1c1ccc(OCc2ccc(Cl)cc2)cc1. The number of hydrogen-bond donors (Lipinski definition) is 1. The molecular formula is C21H21ClN2O4. The third-order valence-electron chi connectivity index (χ3n) is 4.69. The highest BCUT2D eigenvalue weighted by molar-refractivity contribution is 6.30. The Morgan fingerprint density at radius 2 is 1.79 bits per heavy atom. The number of ether oxygens (including phenoxy) is 2. The molecule has 0 saturated carbocycles. The number of rotatable bonds is 5. The largest absolute Gasteiger partial charge is 0.489 e. The number of nitrogens with zero attached hydrogens (tertiary/aromatic N) is 1. The first-order chi connectivity index (χ1) is 13.4. The number of benzene rings is 2. The standard InChI is InChI=1S/C21H21ClN2O4/c1-13-18(20(25)27-3)19(23-21(26)24(13)2)15-6-10-17(11-7-15)28-12-14-4-8-16(22)9-5-14/h4-11,19H,12H2,1-3H3,(H,23,26)/t19-/m0/s1. The zero-order valence-corrected chi connectivity index (χ0v) is 16.6. The fourth-order valence-electron chi connectivity index (χ4n) is 2.96. The maximum absolute atomic E-state index is 12.3. The van der Waals surface area contributed by atoms with Gasteiger partial charge < -0.3 is 19.7 Å². The van der Waals surface area contributed by atoms with Crippen molar-refractivity contribution in [2.75, 3.05) is 14.2 Å². The van der Waals surface area contributed by atoms with Gasteiger partial charge in [0.05, 0.1) is 18.7 Å². The average molecular weight is 401 g/mol. The van der Waals surface area contributed by atoms with Crippen molar-refractivity contribution < 1.29 is 19.1 Å². The van der Waals surface area contributed by atoms with Gasteiger partial charge in [-0.15, -0.1) is 0 Å². The smallest absolute Gasteiger partial charge is 0.337 e. The molecule has 0 aromatic heterocycles. The van der Waals surface area contributed by atoms with Gasteiger partial charge in [-0.1, -0.05) is 35.9 Å². The van der Waals surface area contributed by atoms with E-state index in [1.54, 1.807) is 26.1 Å². The molecule has 146 valence electrons. The van der Waals surface area contributed by atoms with Crippen LogP contribution in [0, 0.1) is 0 Å². The van der Waals surface area contributed by atoms with Crippen LogP contribution in [0.1, 0.15) is 24.1 Å². The van der Waals surface area contributed by atoms with Gasteiger partial charge >= 0.3 is 12.0 Å². The molecule has 2 aromatic carbocycles. The summed E-state index contributed by atoms with van der Waals surface area (Å²) in [5.74, 6) is 0.204. The van der Waals surface area contributed by atoms with Gasteiger partial charge in [0.15, 0.2) is 0 Å². The van der Waals surface area contributed by atoms with Crippen molar-refractivity contribution >= 4 is 23.6 Å². The Hall–Kier alpha value is -2.99. The van der Waals surface area contributed by atoms with E-state index < -0.39 is 12.0 Å². The molecule has 0 spiro atoms. The third kappa shape index (κ3) is 4.12. The van der Waals surface area contributed by atoms with Gasteiger partial charge in [-0.05, 0) is 42.3 Å². The number of amides is 2. The van der Waals surface area contributed by atoms with E-state index in [0.29, 0.717) is 28.6 Å². The van der Waals surface area contributed by atoms with Gasteiger partial charge in [0.2, 0.25) is 0 Å². The minimum absolute atomic E-state index is 0.279. The van der Waals surface area contributed by atoms with E-state index in [1.807, 2.05) is 36.4 Å². The number of carbonyl (C=O) groups is 2. The fraction of sp³-hybridized carbons (Fsp3) is 0.238. The molecule has 0 unspecified atom stereocenters. The lowest BCUT2D eigenvalue weighted by Gasteiger charge is -2.33. The Morgan fingerprint density at radius 3 is 2.39 bits per heavy atom. The maximum Gasteiger partial charge on any atom is 0.337 e. The van der Waals surface area contributed by atoms with E-state index in [4.69, 9.17) is 21.1 Å². The van der Waals surface area contributed by atoms with Crippen LogP contribution in [0.5, 0.6) is 5.75 Å². The zero-order valence-electron chi connectivity index (χ0n) is 15.9. The summed E-state index contributed by atoms with van der Waals surface area (Å²) < 4.78 is 10.7. The summed E-state index contributed by atoms with van der Waals surface area (Å²) in [4.78, 5) is 25.9. The number of urea groups is 1. The number of halogens is 1. The van der Waals surface area contributed by atoms with Crippen molar-refractivity contribution in [1.29, 1.82) is 0 Å². The van der Waals surface area contributed by atoms with Crippen molar-refractivity contribution in [2.24, 2.45) is 0 Å². The molecule has 7 heteroatoms. The normalized spacial score (nSPS) is 16.6. The zero-order chi connectivity index (χ0) is 20.3. The molecule has 0 radical (unpaired) electrons. The lowest BCUT2D eigenvalue weighted by molar-refractivity contribution is -0.136. The summed E-state index contributed by atoms with van der Waals surface area (Å²) in [6, 6.07) is 13.8. The minimum atomic E-state index is -0.582. The summed E-state index contributed by atoms with van der Waals surface area (Å²) in [7, 11) is 2.93. The second-order valence-corrected chi connectivity index (χ2v) is 6.85. The monoisotopic (exact) mass is 400 g/mol. The van der Waals surface area contributed by atoms with Gasteiger partial charge in [-0.3, -0.25) is 0 Å². The fourth-order valence-corrected chi connectivity index (χ4v) is 3.09. The Balaban J connectivity index is 1.78. The van der Waals surface area contributed by atoms with Crippen LogP contribution in [-0.2, 0) is 16.1 Å². The van der Waals surface area contributed by atoms with Crippen LogP contribution in [-0.4, -0.2) is 31.1 Å². The second-order valence-electron chi connectivity index (χ2n) is 6.42. The molecule has 2 amide bonds. The lowest BCUT2D eigenvalue weighted by Crippen LogP contribution is -2.46. The summed E-state index contributed by atoms with van der Waals surface area (Å²) in [6.45, 7) is 2.13. The van der Waals surface area contributed by atoms with E-state index in [1.165, 1.54) is 12.0 Å². The Bertz CT molecular complexity index is 907. The van der Waals surface area contributed by atoms with Crippen molar-refractivity contribution in [1.82, 2.24) is 10.2 Å². The average Bonchev–Trinajstić information content (AvgIpc) is 2.71. The molecule has 2 aromatic rings. The Morgan fingerprint density at radius 1 is 1.14 bits per heavy atom. The molecule has 6 nitrogen and oxygen atoms in total. The Kier molecular flexibility index (Phi) is 5.90.